The van der Waals surface area contributed by atoms with E-state index in [4.69, 9.17) is 9.52 Å². The minimum atomic E-state index is -0.0238. The molecule has 0 unspecified atom stereocenters. The summed E-state index contributed by atoms with van der Waals surface area (Å²) in [4.78, 5) is 4.20. The molecule has 0 radical (unpaired) electrons. The van der Waals surface area contributed by atoms with Gasteiger partial charge in [-0.25, -0.2) is 4.98 Å². The van der Waals surface area contributed by atoms with E-state index in [9.17, 15) is 0 Å². The highest BCUT2D eigenvalue weighted by atomic mass is 32.2. The molecule has 2 rings (SSSR count). The summed E-state index contributed by atoms with van der Waals surface area (Å²) in [6.45, 7) is -0.0238. The Kier molecular flexibility index (Phi) is 3.48. The highest BCUT2D eigenvalue weighted by Crippen LogP contribution is 2.25. The summed E-state index contributed by atoms with van der Waals surface area (Å²) in [6.07, 6.45) is 5.01. The average molecular weight is 213 g/mol. The normalized spacial score (nSPS) is 18.6. The van der Waals surface area contributed by atoms with Crippen molar-refractivity contribution in [2.75, 3.05) is 11.5 Å². The van der Waals surface area contributed by atoms with Crippen LogP contribution in [0.15, 0.2) is 10.7 Å². The van der Waals surface area contributed by atoms with Gasteiger partial charge in [-0.1, -0.05) is 0 Å². The molecule has 1 N–H and O–H groups in total. The molecule has 1 aliphatic rings. The fraction of sp³-hybridized carbons (Fsp3) is 0.700. The summed E-state index contributed by atoms with van der Waals surface area (Å²) < 4.78 is 5.28. The molecule has 0 bridgehead atoms. The lowest BCUT2D eigenvalue weighted by Crippen LogP contribution is -2.12. The van der Waals surface area contributed by atoms with Crippen molar-refractivity contribution in [2.45, 2.75) is 25.9 Å². The van der Waals surface area contributed by atoms with E-state index in [0.29, 0.717) is 5.69 Å². The summed E-state index contributed by atoms with van der Waals surface area (Å²) in [5, 5.41) is 8.83. The second-order valence-electron chi connectivity index (χ2n) is 3.65. The zero-order valence-electron chi connectivity index (χ0n) is 8.11. The van der Waals surface area contributed by atoms with Crippen LogP contribution >= 0.6 is 11.8 Å². The van der Waals surface area contributed by atoms with Gasteiger partial charge in [-0.05, 0) is 30.3 Å². The van der Waals surface area contributed by atoms with Crippen molar-refractivity contribution < 1.29 is 9.52 Å². The Balaban J connectivity index is 1.89. The maximum atomic E-state index is 8.83. The first kappa shape index (κ1) is 10.1. The van der Waals surface area contributed by atoms with Crippen molar-refractivity contribution in [3.63, 3.8) is 0 Å². The number of aromatic nitrogens is 1. The molecule has 14 heavy (non-hydrogen) atoms. The maximum absolute atomic E-state index is 8.83. The molecule has 0 spiro atoms. The quantitative estimate of drug-likeness (QED) is 0.832. The number of oxazole rings is 1. The lowest BCUT2D eigenvalue weighted by atomic mass is 9.99. The van der Waals surface area contributed by atoms with Crippen LogP contribution in [-0.2, 0) is 13.0 Å². The van der Waals surface area contributed by atoms with Gasteiger partial charge >= 0.3 is 0 Å². The first-order chi connectivity index (χ1) is 6.88. The largest absolute Gasteiger partial charge is 0.449 e. The van der Waals surface area contributed by atoms with Crippen LogP contribution in [-0.4, -0.2) is 21.6 Å². The molecule has 0 aromatic carbocycles. The van der Waals surface area contributed by atoms with Gasteiger partial charge in [0.1, 0.15) is 12.0 Å². The van der Waals surface area contributed by atoms with Crippen molar-refractivity contribution in [2.24, 2.45) is 5.92 Å². The third kappa shape index (κ3) is 2.51. The highest BCUT2D eigenvalue weighted by molar-refractivity contribution is 7.99. The summed E-state index contributed by atoms with van der Waals surface area (Å²) in [5.41, 5.74) is 0.644. The van der Waals surface area contributed by atoms with Crippen LogP contribution < -0.4 is 0 Å². The molecule has 1 aromatic heterocycles. The van der Waals surface area contributed by atoms with Gasteiger partial charge in [0.15, 0.2) is 5.89 Å². The molecule has 2 heterocycles. The second-order valence-corrected chi connectivity index (χ2v) is 4.88. The Hall–Kier alpha value is -0.480. The zero-order valence-corrected chi connectivity index (χ0v) is 8.92. The van der Waals surface area contributed by atoms with Gasteiger partial charge in [-0.15, -0.1) is 0 Å². The summed E-state index contributed by atoms with van der Waals surface area (Å²) in [6, 6.07) is 0. The van der Waals surface area contributed by atoms with Crippen molar-refractivity contribution in [3.05, 3.63) is 17.8 Å². The third-order valence-electron chi connectivity index (χ3n) is 2.57. The van der Waals surface area contributed by atoms with E-state index in [0.717, 1.165) is 18.2 Å². The third-order valence-corrected chi connectivity index (χ3v) is 3.61. The molecule has 3 nitrogen and oxygen atoms in total. The molecule has 0 atom stereocenters. The Morgan fingerprint density at radius 2 is 2.29 bits per heavy atom. The molecule has 78 valence electrons. The van der Waals surface area contributed by atoms with Crippen molar-refractivity contribution >= 4 is 11.8 Å². The van der Waals surface area contributed by atoms with Gasteiger partial charge in [0.25, 0.3) is 0 Å². The number of rotatable bonds is 3. The van der Waals surface area contributed by atoms with Crippen molar-refractivity contribution in [3.8, 4) is 0 Å². The average Bonchev–Trinajstić information content (AvgIpc) is 2.67. The predicted octanol–water partition coefficient (Wildman–Crippen LogP) is 1.85. The van der Waals surface area contributed by atoms with E-state index in [1.807, 2.05) is 11.8 Å². The van der Waals surface area contributed by atoms with Crippen molar-refractivity contribution in [1.82, 2.24) is 4.98 Å². The van der Waals surface area contributed by atoms with E-state index in [1.54, 1.807) is 6.26 Å². The minimum Gasteiger partial charge on any atom is -0.449 e. The molecule has 1 fully saturated rings. The number of nitrogens with zero attached hydrogens (tertiary/aromatic N) is 1. The lowest BCUT2D eigenvalue weighted by Gasteiger charge is -2.19. The smallest absolute Gasteiger partial charge is 0.194 e. The van der Waals surface area contributed by atoms with E-state index in [-0.39, 0.29) is 6.61 Å². The predicted molar refractivity (Wildman–Crippen MR) is 56.2 cm³/mol. The summed E-state index contributed by atoms with van der Waals surface area (Å²) in [7, 11) is 0. The van der Waals surface area contributed by atoms with Crippen LogP contribution in [0.3, 0.4) is 0 Å². The van der Waals surface area contributed by atoms with E-state index in [2.05, 4.69) is 4.98 Å². The summed E-state index contributed by atoms with van der Waals surface area (Å²) >= 11 is 2.03. The Morgan fingerprint density at radius 1 is 1.50 bits per heavy atom. The van der Waals surface area contributed by atoms with Crippen LogP contribution in [0.2, 0.25) is 0 Å². The van der Waals surface area contributed by atoms with Gasteiger partial charge in [0.2, 0.25) is 0 Å². The number of aliphatic hydroxyl groups excluding tert-OH is 1. The first-order valence-electron chi connectivity index (χ1n) is 5.00. The molecular formula is C10H15NO2S. The topological polar surface area (TPSA) is 46.3 Å². The van der Waals surface area contributed by atoms with Gasteiger partial charge in [-0.3, -0.25) is 0 Å². The highest BCUT2D eigenvalue weighted by Gasteiger charge is 2.16. The Labute approximate surface area is 87.9 Å². The lowest BCUT2D eigenvalue weighted by molar-refractivity contribution is 0.276. The molecule has 1 saturated heterocycles. The van der Waals surface area contributed by atoms with Crippen LogP contribution in [0.4, 0.5) is 0 Å². The SMILES string of the molecule is OCc1coc(CC2CCSCC2)n1. The molecule has 4 heteroatoms. The number of aliphatic hydroxyl groups is 1. The Bertz CT molecular complexity index is 281. The van der Waals surface area contributed by atoms with Crippen molar-refractivity contribution in [1.29, 1.82) is 0 Å². The van der Waals surface area contributed by atoms with E-state index < -0.39 is 0 Å². The fourth-order valence-corrected chi connectivity index (χ4v) is 2.92. The minimum absolute atomic E-state index is 0.0238. The van der Waals surface area contributed by atoms with Crippen LogP contribution in [0.1, 0.15) is 24.4 Å². The monoisotopic (exact) mass is 213 g/mol. The maximum Gasteiger partial charge on any atom is 0.194 e. The second kappa shape index (κ2) is 4.84. The molecule has 0 aliphatic carbocycles. The fourth-order valence-electron chi connectivity index (χ4n) is 1.71. The molecule has 0 saturated carbocycles. The summed E-state index contributed by atoms with van der Waals surface area (Å²) in [5.74, 6) is 4.03. The molecule has 1 aliphatic heterocycles. The number of hydrogen-bond acceptors (Lipinski definition) is 4. The van der Waals surface area contributed by atoms with E-state index in [1.165, 1.54) is 24.3 Å². The van der Waals surface area contributed by atoms with Crippen LogP contribution in [0.25, 0.3) is 0 Å². The zero-order chi connectivity index (χ0) is 9.80. The van der Waals surface area contributed by atoms with Crippen LogP contribution in [0, 0.1) is 5.92 Å². The van der Waals surface area contributed by atoms with Gasteiger partial charge in [0.05, 0.1) is 6.61 Å². The number of hydrogen-bond donors (Lipinski definition) is 1. The standard InChI is InChI=1S/C10H15NO2S/c12-6-9-7-13-10(11-9)5-8-1-3-14-4-2-8/h7-8,12H,1-6H2. The van der Waals surface area contributed by atoms with Gasteiger partial charge in [0, 0.05) is 6.42 Å². The van der Waals surface area contributed by atoms with Gasteiger partial charge < -0.3 is 9.52 Å². The molecule has 0 amide bonds. The Morgan fingerprint density at radius 3 is 2.93 bits per heavy atom. The molecule has 1 aromatic rings. The van der Waals surface area contributed by atoms with Crippen LogP contribution in [0.5, 0.6) is 0 Å². The van der Waals surface area contributed by atoms with Gasteiger partial charge in [-0.2, -0.15) is 11.8 Å². The molecular weight excluding hydrogens is 198 g/mol. The number of thioether (sulfide) groups is 1. The first-order valence-corrected chi connectivity index (χ1v) is 6.16. The van der Waals surface area contributed by atoms with E-state index >= 15 is 0 Å².